The van der Waals surface area contributed by atoms with Crippen molar-refractivity contribution in [2.24, 2.45) is 5.73 Å². The molecule has 1 amide bonds. The first-order chi connectivity index (χ1) is 7.17. The molecular weight excluding hydrogens is 208 g/mol. The van der Waals surface area contributed by atoms with E-state index in [2.05, 4.69) is 5.32 Å². The summed E-state index contributed by atoms with van der Waals surface area (Å²) in [5.74, 6) is -0.0228. The quantitative estimate of drug-likeness (QED) is 0.806. The van der Waals surface area contributed by atoms with E-state index in [4.69, 9.17) is 5.73 Å². The van der Waals surface area contributed by atoms with E-state index in [1.807, 2.05) is 30.7 Å². The maximum Gasteiger partial charge on any atom is 0.252 e. The molecule has 0 aliphatic heterocycles. The number of hydrogen-bond donors (Lipinski definition) is 2. The van der Waals surface area contributed by atoms with E-state index >= 15 is 0 Å². The lowest BCUT2D eigenvalue weighted by atomic mass is 9.92. The summed E-state index contributed by atoms with van der Waals surface area (Å²) in [4.78, 5) is 11.8. The molecule has 1 rings (SSSR count). The van der Waals surface area contributed by atoms with Crippen molar-refractivity contribution >= 4 is 17.2 Å². The van der Waals surface area contributed by atoms with Gasteiger partial charge in [-0.25, -0.2) is 0 Å². The van der Waals surface area contributed by atoms with E-state index in [1.165, 1.54) is 11.3 Å². The van der Waals surface area contributed by atoms with Gasteiger partial charge < -0.3 is 11.1 Å². The smallest absolute Gasteiger partial charge is 0.252 e. The molecule has 0 fully saturated rings. The number of hydrogen-bond acceptors (Lipinski definition) is 3. The molecule has 0 saturated carbocycles. The van der Waals surface area contributed by atoms with Crippen molar-refractivity contribution in [2.45, 2.75) is 32.2 Å². The third-order valence-electron chi connectivity index (χ3n) is 2.91. The number of nitrogens with two attached hydrogens (primary N) is 1. The summed E-state index contributed by atoms with van der Waals surface area (Å²) in [6.45, 7) is 4.57. The minimum atomic E-state index is -0.251. The molecule has 15 heavy (non-hydrogen) atoms. The van der Waals surface area contributed by atoms with Crippen LogP contribution in [0.3, 0.4) is 0 Å². The van der Waals surface area contributed by atoms with E-state index in [0.717, 1.165) is 18.4 Å². The van der Waals surface area contributed by atoms with Crippen molar-refractivity contribution in [3.63, 3.8) is 0 Å². The van der Waals surface area contributed by atoms with Gasteiger partial charge in [-0.05, 0) is 24.3 Å². The second kappa shape index (κ2) is 5.28. The minimum absolute atomic E-state index is 0.0228. The van der Waals surface area contributed by atoms with Gasteiger partial charge in [-0.15, -0.1) is 0 Å². The van der Waals surface area contributed by atoms with Gasteiger partial charge in [-0.2, -0.15) is 11.3 Å². The van der Waals surface area contributed by atoms with Gasteiger partial charge in [-0.1, -0.05) is 13.8 Å². The van der Waals surface area contributed by atoms with E-state index < -0.39 is 0 Å². The molecule has 0 atom stereocenters. The number of amides is 1. The van der Waals surface area contributed by atoms with Gasteiger partial charge in [0.15, 0.2) is 0 Å². The summed E-state index contributed by atoms with van der Waals surface area (Å²) >= 11 is 1.52. The fourth-order valence-corrected chi connectivity index (χ4v) is 2.11. The first-order valence-corrected chi connectivity index (χ1v) is 6.16. The van der Waals surface area contributed by atoms with Crippen LogP contribution in [0.5, 0.6) is 0 Å². The van der Waals surface area contributed by atoms with Crippen LogP contribution in [0.1, 0.15) is 37.0 Å². The minimum Gasteiger partial charge on any atom is -0.345 e. The summed E-state index contributed by atoms with van der Waals surface area (Å²) in [5, 5.41) is 6.77. The zero-order valence-electron chi connectivity index (χ0n) is 9.25. The van der Waals surface area contributed by atoms with Gasteiger partial charge in [0.2, 0.25) is 0 Å². The van der Waals surface area contributed by atoms with Crippen LogP contribution in [0, 0.1) is 0 Å². The highest BCUT2D eigenvalue weighted by Crippen LogP contribution is 2.15. The predicted octanol–water partition coefficient (Wildman–Crippen LogP) is 2.00. The van der Waals surface area contributed by atoms with Crippen LogP contribution < -0.4 is 11.1 Å². The van der Waals surface area contributed by atoms with Crippen molar-refractivity contribution < 1.29 is 4.79 Å². The number of nitrogens with one attached hydrogen (secondary N) is 1. The van der Waals surface area contributed by atoms with Gasteiger partial charge >= 0.3 is 0 Å². The fraction of sp³-hybridized carbons (Fsp3) is 0.545. The molecule has 0 aromatic carbocycles. The normalized spacial score (nSPS) is 11.4. The maximum atomic E-state index is 11.8. The first kappa shape index (κ1) is 12.2. The summed E-state index contributed by atoms with van der Waals surface area (Å²) in [5.41, 5.74) is 6.19. The Hall–Kier alpha value is -0.870. The third-order valence-corrected chi connectivity index (χ3v) is 3.59. The van der Waals surface area contributed by atoms with Gasteiger partial charge in [0.25, 0.3) is 5.91 Å². The highest BCUT2D eigenvalue weighted by atomic mass is 32.1. The largest absolute Gasteiger partial charge is 0.345 e. The summed E-state index contributed by atoms with van der Waals surface area (Å²) in [6.07, 6.45) is 1.71. The Morgan fingerprint density at radius 3 is 2.60 bits per heavy atom. The Morgan fingerprint density at radius 1 is 1.53 bits per heavy atom. The van der Waals surface area contributed by atoms with E-state index in [9.17, 15) is 4.79 Å². The van der Waals surface area contributed by atoms with Crippen molar-refractivity contribution in [3.8, 4) is 0 Å². The van der Waals surface area contributed by atoms with E-state index in [1.54, 1.807) is 0 Å². The molecular formula is C11H18N2OS. The molecule has 3 nitrogen and oxygen atoms in total. The zero-order chi connectivity index (χ0) is 11.3. The highest BCUT2D eigenvalue weighted by molar-refractivity contribution is 7.08. The van der Waals surface area contributed by atoms with Gasteiger partial charge in [-0.3, -0.25) is 4.79 Å². The second-order valence-electron chi connectivity index (χ2n) is 3.66. The molecule has 4 heteroatoms. The van der Waals surface area contributed by atoms with Gasteiger partial charge in [0.05, 0.1) is 11.1 Å². The summed E-state index contributed by atoms with van der Waals surface area (Å²) in [6, 6.07) is 1.83. The van der Waals surface area contributed by atoms with Crippen LogP contribution >= 0.6 is 11.3 Å². The Bertz CT molecular complexity index is 296. The lowest BCUT2D eigenvalue weighted by Gasteiger charge is -2.31. The SMILES string of the molecule is CCC(CC)(CN)NC(=O)c1ccsc1. The summed E-state index contributed by atoms with van der Waals surface area (Å²) < 4.78 is 0. The molecule has 1 aromatic rings. The zero-order valence-corrected chi connectivity index (χ0v) is 10.1. The van der Waals surface area contributed by atoms with Crippen molar-refractivity contribution in [3.05, 3.63) is 22.4 Å². The fourth-order valence-electron chi connectivity index (χ4n) is 1.47. The molecule has 0 unspecified atom stereocenters. The Balaban J connectivity index is 2.71. The predicted molar refractivity (Wildman–Crippen MR) is 64.2 cm³/mol. The molecule has 0 radical (unpaired) electrons. The molecule has 1 aromatic heterocycles. The average Bonchev–Trinajstić information content (AvgIpc) is 2.79. The number of thiophene rings is 1. The van der Waals surface area contributed by atoms with Gasteiger partial charge in [0, 0.05) is 11.9 Å². The van der Waals surface area contributed by atoms with Crippen molar-refractivity contribution in [1.29, 1.82) is 0 Å². The van der Waals surface area contributed by atoms with Crippen LogP contribution in [0.15, 0.2) is 16.8 Å². The molecule has 0 saturated heterocycles. The summed E-state index contributed by atoms with van der Waals surface area (Å²) in [7, 11) is 0. The third kappa shape index (κ3) is 2.79. The topological polar surface area (TPSA) is 55.1 Å². The molecule has 1 heterocycles. The van der Waals surface area contributed by atoms with Crippen LogP contribution in [-0.4, -0.2) is 18.0 Å². The second-order valence-corrected chi connectivity index (χ2v) is 4.44. The van der Waals surface area contributed by atoms with Gasteiger partial charge in [0.1, 0.15) is 0 Å². The lowest BCUT2D eigenvalue weighted by molar-refractivity contribution is 0.0896. The standard InChI is InChI=1S/C11H18N2OS/c1-3-11(4-2,8-12)13-10(14)9-5-6-15-7-9/h5-7H,3-4,8,12H2,1-2H3,(H,13,14). The van der Waals surface area contributed by atoms with Crippen LogP contribution in [0.2, 0.25) is 0 Å². The number of carbonyl (C=O) groups excluding carboxylic acids is 1. The van der Waals surface area contributed by atoms with E-state index in [0.29, 0.717) is 6.54 Å². The van der Waals surface area contributed by atoms with Crippen molar-refractivity contribution in [1.82, 2.24) is 5.32 Å². The molecule has 0 bridgehead atoms. The Kier molecular flexibility index (Phi) is 4.29. The average molecular weight is 226 g/mol. The monoisotopic (exact) mass is 226 g/mol. The number of carbonyl (C=O) groups is 1. The Labute approximate surface area is 94.7 Å². The van der Waals surface area contributed by atoms with E-state index in [-0.39, 0.29) is 11.4 Å². The van der Waals surface area contributed by atoms with Crippen LogP contribution in [0.25, 0.3) is 0 Å². The maximum absolute atomic E-state index is 11.8. The molecule has 0 aliphatic carbocycles. The van der Waals surface area contributed by atoms with Crippen LogP contribution in [-0.2, 0) is 0 Å². The first-order valence-electron chi connectivity index (χ1n) is 5.22. The Morgan fingerprint density at radius 2 is 2.20 bits per heavy atom. The highest BCUT2D eigenvalue weighted by Gasteiger charge is 2.26. The van der Waals surface area contributed by atoms with Crippen LogP contribution in [0.4, 0.5) is 0 Å². The lowest BCUT2D eigenvalue weighted by Crippen LogP contribution is -2.52. The molecule has 3 N–H and O–H groups in total. The number of rotatable bonds is 5. The molecule has 84 valence electrons. The molecule has 0 aliphatic rings. The van der Waals surface area contributed by atoms with Crippen molar-refractivity contribution in [2.75, 3.05) is 6.54 Å². The molecule has 0 spiro atoms.